The fraction of sp³-hybridized carbons (Fsp3) is 0. The highest BCUT2D eigenvalue weighted by molar-refractivity contribution is 9.10. The van der Waals surface area contributed by atoms with E-state index in [1.54, 1.807) is 36.4 Å². The van der Waals surface area contributed by atoms with Crippen LogP contribution in [-0.4, -0.2) is 5.84 Å². The molecule has 3 N–H and O–H groups in total. The molecule has 0 saturated carbocycles. The number of nitrogens with one attached hydrogen (secondary N) is 1. The summed E-state index contributed by atoms with van der Waals surface area (Å²) in [7, 11) is 0. The van der Waals surface area contributed by atoms with Crippen LogP contribution in [0.3, 0.4) is 0 Å². The smallest absolute Gasteiger partial charge is 0.141 e. The lowest BCUT2D eigenvalue weighted by atomic mass is 10.2. The molecule has 0 aliphatic heterocycles. The van der Waals surface area contributed by atoms with Crippen molar-refractivity contribution in [1.29, 1.82) is 5.41 Å². The second-order valence-electron chi connectivity index (χ2n) is 3.74. The standard InChI is InChI=1S/C13H9BrCl2N2O/c14-9-5-7(13(17)18)1-4-12(9)19-8-2-3-10(15)11(16)6-8/h1-6H,(H3,17,18). The summed E-state index contributed by atoms with van der Waals surface area (Å²) in [5.74, 6) is 1.18. The Bertz CT molecular complexity index is 647. The second kappa shape index (κ2) is 5.82. The van der Waals surface area contributed by atoms with E-state index in [1.165, 1.54) is 0 Å². The van der Waals surface area contributed by atoms with E-state index in [4.69, 9.17) is 39.1 Å². The molecule has 2 rings (SSSR count). The van der Waals surface area contributed by atoms with Crippen molar-refractivity contribution in [3.63, 3.8) is 0 Å². The summed E-state index contributed by atoms with van der Waals surface area (Å²) in [5.41, 5.74) is 6.03. The molecule has 0 aliphatic carbocycles. The Morgan fingerprint density at radius 1 is 1.11 bits per heavy atom. The van der Waals surface area contributed by atoms with E-state index in [2.05, 4.69) is 15.9 Å². The number of rotatable bonds is 3. The largest absolute Gasteiger partial charge is 0.456 e. The zero-order valence-corrected chi connectivity index (χ0v) is 12.7. The topological polar surface area (TPSA) is 59.1 Å². The molecule has 98 valence electrons. The molecule has 0 atom stereocenters. The number of nitrogens with two attached hydrogens (primary N) is 1. The van der Waals surface area contributed by atoms with Gasteiger partial charge in [0.15, 0.2) is 0 Å². The monoisotopic (exact) mass is 358 g/mol. The van der Waals surface area contributed by atoms with Crippen LogP contribution in [0.2, 0.25) is 10.0 Å². The molecule has 0 amide bonds. The van der Waals surface area contributed by atoms with Gasteiger partial charge in [-0.2, -0.15) is 0 Å². The molecule has 2 aromatic rings. The Morgan fingerprint density at radius 2 is 1.84 bits per heavy atom. The number of hydrogen-bond donors (Lipinski definition) is 2. The molecule has 0 saturated heterocycles. The summed E-state index contributed by atoms with van der Waals surface area (Å²) in [6.45, 7) is 0. The van der Waals surface area contributed by atoms with Crippen LogP contribution >= 0.6 is 39.1 Å². The van der Waals surface area contributed by atoms with E-state index < -0.39 is 0 Å². The predicted octanol–water partition coefficient (Wildman–Crippen LogP) is 4.83. The van der Waals surface area contributed by atoms with E-state index in [0.29, 0.717) is 31.6 Å². The zero-order chi connectivity index (χ0) is 14.0. The van der Waals surface area contributed by atoms with Crippen LogP contribution in [-0.2, 0) is 0 Å². The van der Waals surface area contributed by atoms with Gasteiger partial charge in [-0.05, 0) is 46.3 Å². The van der Waals surface area contributed by atoms with E-state index in [9.17, 15) is 0 Å². The number of ether oxygens (including phenoxy) is 1. The first-order valence-electron chi connectivity index (χ1n) is 5.24. The highest BCUT2D eigenvalue weighted by Crippen LogP contribution is 2.33. The van der Waals surface area contributed by atoms with Gasteiger partial charge in [0, 0.05) is 11.6 Å². The molecule has 0 aromatic heterocycles. The predicted molar refractivity (Wildman–Crippen MR) is 81.7 cm³/mol. The molecule has 6 heteroatoms. The third-order valence-corrected chi connectivity index (χ3v) is 3.72. The Labute approximate surface area is 128 Å². The number of benzene rings is 2. The summed E-state index contributed by atoms with van der Waals surface area (Å²) < 4.78 is 6.38. The summed E-state index contributed by atoms with van der Waals surface area (Å²) in [6.07, 6.45) is 0. The van der Waals surface area contributed by atoms with Crippen LogP contribution < -0.4 is 10.5 Å². The lowest BCUT2D eigenvalue weighted by Gasteiger charge is -2.09. The molecule has 0 aliphatic rings. The van der Waals surface area contributed by atoms with Gasteiger partial charge in [-0.3, -0.25) is 5.41 Å². The number of halogens is 3. The highest BCUT2D eigenvalue weighted by atomic mass is 79.9. The van der Waals surface area contributed by atoms with Gasteiger partial charge in [-0.15, -0.1) is 0 Å². The van der Waals surface area contributed by atoms with Gasteiger partial charge < -0.3 is 10.5 Å². The van der Waals surface area contributed by atoms with Crippen molar-refractivity contribution in [1.82, 2.24) is 0 Å². The molecule has 0 heterocycles. The fourth-order valence-electron chi connectivity index (χ4n) is 1.42. The third kappa shape index (κ3) is 3.41. The minimum atomic E-state index is 0.00165. The van der Waals surface area contributed by atoms with Crippen LogP contribution in [0.1, 0.15) is 5.56 Å². The maximum atomic E-state index is 7.36. The minimum Gasteiger partial charge on any atom is -0.456 e. The van der Waals surface area contributed by atoms with E-state index in [1.807, 2.05) is 0 Å². The van der Waals surface area contributed by atoms with Crippen LogP contribution in [0.15, 0.2) is 40.9 Å². The summed E-state index contributed by atoms with van der Waals surface area (Å²) >= 11 is 15.1. The van der Waals surface area contributed by atoms with Crippen molar-refractivity contribution >= 4 is 45.0 Å². The summed E-state index contributed by atoms with van der Waals surface area (Å²) in [4.78, 5) is 0. The Kier molecular flexibility index (Phi) is 4.34. The van der Waals surface area contributed by atoms with Crippen LogP contribution in [0.25, 0.3) is 0 Å². The van der Waals surface area contributed by atoms with E-state index in [0.717, 1.165) is 0 Å². The first-order chi connectivity index (χ1) is 8.97. The van der Waals surface area contributed by atoms with Gasteiger partial charge >= 0.3 is 0 Å². The first-order valence-corrected chi connectivity index (χ1v) is 6.79. The Hall–Kier alpha value is -1.23. The summed E-state index contributed by atoms with van der Waals surface area (Å²) in [6, 6.07) is 10.2. The number of hydrogen-bond acceptors (Lipinski definition) is 2. The highest BCUT2D eigenvalue weighted by Gasteiger charge is 2.07. The number of amidine groups is 1. The first kappa shape index (κ1) is 14.2. The van der Waals surface area contributed by atoms with Gasteiger partial charge in [-0.1, -0.05) is 23.2 Å². The lowest BCUT2D eigenvalue weighted by molar-refractivity contribution is 0.479. The fourth-order valence-corrected chi connectivity index (χ4v) is 2.17. The molecule has 0 fully saturated rings. The van der Waals surface area contributed by atoms with Crippen LogP contribution in [0.5, 0.6) is 11.5 Å². The maximum Gasteiger partial charge on any atom is 0.141 e. The SMILES string of the molecule is N=C(N)c1ccc(Oc2ccc(Cl)c(Cl)c2)c(Br)c1. The van der Waals surface area contributed by atoms with Crippen molar-refractivity contribution in [3.8, 4) is 11.5 Å². The Balaban J connectivity index is 2.28. The van der Waals surface area contributed by atoms with Crippen molar-refractivity contribution in [2.75, 3.05) is 0 Å². The van der Waals surface area contributed by atoms with Crippen molar-refractivity contribution in [2.45, 2.75) is 0 Å². The molecule has 2 aromatic carbocycles. The number of nitrogen functional groups attached to an aromatic ring is 1. The minimum absolute atomic E-state index is 0.00165. The van der Waals surface area contributed by atoms with Crippen LogP contribution in [0, 0.1) is 5.41 Å². The Morgan fingerprint density at radius 3 is 2.42 bits per heavy atom. The molecule has 0 bridgehead atoms. The van der Waals surface area contributed by atoms with Gasteiger partial charge in [0.1, 0.15) is 17.3 Å². The second-order valence-corrected chi connectivity index (χ2v) is 5.41. The van der Waals surface area contributed by atoms with Gasteiger partial charge in [0.2, 0.25) is 0 Å². The zero-order valence-electron chi connectivity index (χ0n) is 9.58. The molecular formula is C13H9BrCl2N2O. The molecule has 0 radical (unpaired) electrons. The van der Waals surface area contributed by atoms with E-state index >= 15 is 0 Å². The molecule has 3 nitrogen and oxygen atoms in total. The quantitative estimate of drug-likeness (QED) is 0.608. The van der Waals surface area contributed by atoms with Crippen molar-refractivity contribution in [2.24, 2.45) is 5.73 Å². The molecular weight excluding hydrogens is 351 g/mol. The van der Waals surface area contributed by atoms with Crippen LogP contribution in [0.4, 0.5) is 0 Å². The lowest BCUT2D eigenvalue weighted by Crippen LogP contribution is -2.10. The van der Waals surface area contributed by atoms with Gasteiger partial charge in [0.05, 0.1) is 14.5 Å². The van der Waals surface area contributed by atoms with Crippen molar-refractivity contribution in [3.05, 3.63) is 56.5 Å². The average molecular weight is 360 g/mol. The normalized spacial score (nSPS) is 10.3. The van der Waals surface area contributed by atoms with Crippen molar-refractivity contribution < 1.29 is 4.74 Å². The van der Waals surface area contributed by atoms with Gasteiger partial charge in [0.25, 0.3) is 0 Å². The van der Waals surface area contributed by atoms with E-state index in [-0.39, 0.29) is 5.84 Å². The molecule has 0 unspecified atom stereocenters. The third-order valence-electron chi connectivity index (χ3n) is 2.36. The van der Waals surface area contributed by atoms with Gasteiger partial charge in [-0.25, -0.2) is 0 Å². The average Bonchev–Trinajstić information content (AvgIpc) is 2.36. The molecule has 0 spiro atoms. The maximum absolute atomic E-state index is 7.36. The summed E-state index contributed by atoms with van der Waals surface area (Å²) in [5, 5.41) is 8.26. The molecule has 19 heavy (non-hydrogen) atoms.